The van der Waals surface area contributed by atoms with Gasteiger partial charge in [-0.3, -0.25) is 0 Å². The Hall–Kier alpha value is -7.86. The van der Waals surface area contributed by atoms with Crippen LogP contribution in [-0.4, -0.2) is 13.7 Å². The Morgan fingerprint density at radius 1 is 0.327 bits per heavy atom. The minimum atomic E-state index is 0.575. The molecule has 55 heavy (non-hydrogen) atoms. The van der Waals surface area contributed by atoms with Crippen molar-refractivity contribution in [2.24, 2.45) is 0 Å². The van der Waals surface area contributed by atoms with E-state index < -0.39 is 0 Å². The summed E-state index contributed by atoms with van der Waals surface area (Å²) in [4.78, 5) is 7.87. The zero-order valence-electron chi connectivity index (χ0n) is 29.5. The summed E-state index contributed by atoms with van der Waals surface area (Å²) in [5.41, 5.74) is 12.6. The van der Waals surface area contributed by atoms with Crippen LogP contribution in [0.2, 0.25) is 0 Å². The maximum atomic E-state index is 8.49. The Labute approximate surface area is 316 Å². The van der Waals surface area contributed by atoms with E-state index in [0.717, 1.165) is 71.8 Å². The molecule has 0 amide bonds. The van der Waals surface area contributed by atoms with E-state index in [1.54, 1.807) is 0 Å². The summed E-state index contributed by atoms with van der Waals surface area (Å²) in [5.74, 6) is 0. The van der Waals surface area contributed by atoms with Gasteiger partial charge >= 0.3 is 0 Å². The molecule has 11 aromatic rings. The summed E-state index contributed by atoms with van der Waals surface area (Å²) in [6.07, 6.45) is 0. The fourth-order valence-electron chi connectivity index (χ4n) is 8.74. The largest absolute Gasteiger partial charge is 0.310 e. The summed E-state index contributed by atoms with van der Waals surface area (Å²) in [6, 6.07) is 61.3. The summed E-state index contributed by atoms with van der Waals surface area (Å²) in [7, 11) is 0. The number of nitrogens with zero attached hydrogens (tertiary/aromatic N) is 5. The van der Waals surface area contributed by atoms with Crippen LogP contribution in [0.4, 0.5) is 11.4 Å². The highest BCUT2D eigenvalue weighted by Crippen LogP contribution is 2.42. The Balaban J connectivity index is 1.12. The Bertz CT molecular complexity index is 3420. The van der Waals surface area contributed by atoms with Crippen molar-refractivity contribution < 1.29 is 0 Å². The van der Waals surface area contributed by atoms with Crippen molar-refractivity contribution >= 4 is 76.8 Å². The molecule has 0 aliphatic carbocycles. The zero-order chi connectivity index (χ0) is 36.6. The van der Waals surface area contributed by atoms with Crippen LogP contribution in [0.5, 0.6) is 0 Å². The van der Waals surface area contributed by atoms with Gasteiger partial charge in [-0.1, -0.05) is 109 Å². The lowest BCUT2D eigenvalue weighted by Crippen LogP contribution is -1.99. The molecule has 0 aliphatic heterocycles. The molecule has 0 saturated heterocycles. The molecule has 11 rings (SSSR count). The van der Waals surface area contributed by atoms with Gasteiger partial charge in [0.2, 0.25) is 0 Å². The predicted molar refractivity (Wildman–Crippen MR) is 227 cm³/mol. The van der Waals surface area contributed by atoms with Crippen molar-refractivity contribution in [3.63, 3.8) is 0 Å². The van der Waals surface area contributed by atoms with Crippen molar-refractivity contribution in [3.8, 4) is 28.2 Å². The van der Waals surface area contributed by atoms with E-state index in [4.69, 9.17) is 13.1 Å². The second-order valence-corrected chi connectivity index (χ2v) is 13.9. The van der Waals surface area contributed by atoms with Crippen LogP contribution in [-0.2, 0) is 0 Å². The van der Waals surface area contributed by atoms with Crippen LogP contribution in [0.15, 0.2) is 176 Å². The van der Waals surface area contributed by atoms with Crippen LogP contribution in [0.1, 0.15) is 0 Å². The number of para-hydroxylation sites is 5. The fraction of sp³-hybridized carbons (Fsp3) is 0. The van der Waals surface area contributed by atoms with Gasteiger partial charge in [0, 0.05) is 38.3 Å². The lowest BCUT2D eigenvalue weighted by molar-refractivity contribution is 1.15. The number of aromatic nitrogens is 3. The fourth-order valence-corrected chi connectivity index (χ4v) is 8.74. The monoisotopic (exact) mass is 699 g/mol. The highest BCUT2D eigenvalue weighted by atomic mass is 15.0. The average Bonchev–Trinajstić information content (AvgIpc) is 3.88. The smallest absolute Gasteiger partial charge is 0.197 e. The summed E-state index contributed by atoms with van der Waals surface area (Å²) >= 11 is 0. The molecule has 3 heterocycles. The average molecular weight is 700 g/mol. The SMILES string of the molecule is [C-]#[N+]c1ccc2c(c1)c1ccccc1n2-c1ccccc1-c1ccc(-n2c3ccccc3c3ccc(-n4c5ccccc5c5ccccc54)cc32)cc1[N+]#[C-]. The Kier molecular flexibility index (Phi) is 6.61. The lowest BCUT2D eigenvalue weighted by atomic mass is 10.0. The molecule has 254 valence electrons. The van der Waals surface area contributed by atoms with Gasteiger partial charge in [-0.05, 0) is 83.2 Å². The van der Waals surface area contributed by atoms with Crippen LogP contribution >= 0.6 is 0 Å². The van der Waals surface area contributed by atoms with Gasteiger partial charge in [-0.2, -0.15) is 0 Å². The molecular weight excluding hydrogens is 671 g/mol. The molecule has 5 heteroatoms. The molecule has 0 unspecified atom stereocenters. The summed E-state index contributed by atoms with van der Waals surface area (Å²) in [5, 5.41) is 6.90. The normalized spacial score (nSPS) is 11.6. The quantitative estimate of drug-likeness (QED) is 0.163. The van der Waals surface area contributed by atoms with E-state index in [1.807, 2.05) is 48.5 Å². The summed E-state index contributed by atoms with van der Waals surface area (Å²) < 4.78 is 6.92. The van der Waals surface area contributed by atoms with Gasteiger partial charge in [0.1, 0.15) is 0 Å². The first kappa shape index (κ1) is 30.7. The van der Waals surface area contributed by atoms with Crippen LogP contribution in [0.25, 0.3) is 103 Å². The van der Waals surface area contributed by atoms with Gasteiger partial charge in [-0.25, -0.2) is 9.69 Å². The molecular formula is C50H29N5. The van der Waals surface area contributed by atoms with Crippen molar-refractivity contribution in [2.45, 2.75) is 0 Å². The molecule has 8 aromatic carbocycles. The summed E-state index contributed by atoms with van der Waals surface area (Å²) in [6.45, 7) is 16.1. The van der Waals surface area contributed by atoms with Crippen molar-refractivity contribution in [1.82, 2.24) is 13.7 Å². The van der Waals surface area contributed by atoms with E-state index >= 15 is 0 Å². The third-order valence-electron chi connectivity index (χ3n) is 11.1. The van der Waals surface area contributed by atoms with Gasteiger partial charge < -0.3 is 13.7 Å². The first-order valence-corrected chi connectivity index (χ1v) is 18.3. The Morgan fingerprint density at radius 3 is 1.45 bits per heavy atom. The van der Waals surface area contributed by atoms with E-state index in [0.29, 0.717) is 11.4 Å². The number of benzene rings is 8. The number of rotatable bonds is 4. The number of hydrogen-bond donors (Lipinski definition) is 0. The molecule has 0 bridgehead atoms. The third kappa shape index (κ3) is 4.45. The molecule has 0 atom stereocenters. The predicted octanol–water partition coefficient (Wildman–Crippen LogP) is 13.7. The highest BCUT2D eigenvalue weighted by molar-refractivity contribution is 6.13. The van der Waals surface area contributed by atoms with E-state index in [2.05, 4.69) is 151 Å². The van der Waals surface area contributed by atoms with Crippen LogP contribution in [0, 0.1) is 13.1 Å². The topological polar surface area (TPSA) is 23.5 Å². The third-order valence-corrected chi connectivity index (χ3v) is 11.1. The van der Waals surface area contributed by atoms with Crippen molar-refractivity contribution in [1.29, 1.82) is 0 Å². The van der Waals surface area contributed by atoms with E-state index in [9.17, 15) is 0 Å². The maximum absolute atomic E-state index is 8.49. The van der Waals surface area contributed by atoms with Gasteiger partial charge in [-0.15, -0.1) is 0 Å². The standard InChI is InChI=1S/C50H29N5/c1-51-32-23-28-49-42(29-32)40-17-7-12-22-48(40)55(49)47-21-11-3-13-36(47)35-26-24-33(30-43(35)52-2)54-46-20-10-6-16-39(46)41-27-25-34(31-50(41)54)53-44-18-8-4-14-37(44)38-15-5-9-19-45(38)53/h3-31H. The minimum Gasteiger partial charge on any atom is -0.310 e. The second kappa shape index (κ2) is 11.8. The van der Waals surface area contributed by atoms with Crippen molar-refractivity contribution in [2.75, 3.05) is 0 Å². The molecule has 0 N–H and O–H groups in total. The molecule has 0 aliphatic rings. The highest BCUT2D eigenvalue weighted by Gasteiger charge is 2.20. The number of fused-ring (bicyclic) bond motifs is 9. The maximum Gasteiger partial charge on any atom is 0.197 e. The molecule has 0 fully saturated rings. The first-order chi connectivity index (χ1) is 27.2. The Morgan fingerprint density at radius 2 is 0.818 bits per heavy atom. The van der Waals surface area contributed by atoms with Gasteiger partial charge in [0.15, 0.2) is 11.4 Å². The minimum absolute atomic E-state index is 0.575. The first-order valence-electron chi connectivity index (χ1n) is 18.3. The van der Waals surface area contributed by atoms with Crippen LogP contribution < -0.4 is 0 Å². The van der Waals surface area contributed by atoms with Gasteiger partial charge in [0.25, 0.3) is 0 Å². The molecule has 0 saturated carbocycles. The van der Waals surface area contributed by atoms with Crippen molar-refractivity contribution in [3.05, 3.63) is 199 Å². The van der Waals surface area contributed by atoms with Gasteiger partial charge in [0.05, 0.1) is 51.9 Å². The molecule has 0 spiro atoms. The van der Waals surface area contributed by atoms with E-state index in [1.165, 1.54) is 21.8 Å². The zero-order valence-corrected chi connectivity index (χ0v) is 29.5. The molecule has 5 nitrogen and oxygen atoms in total. The molecule has 0 radical (unpaired) electrons. The van der Waals surface area contributed by atoms with E-state index in [-0.39, 0.29) is 0 Å². The number of hydrogen-bond acceptors (Lipinski definition) is 0. The van der Waals surface area contributed by atoms with Crippen LogP contribution in [0.3, 0.4) is 0 Å². The second-order valence-electron chi connectivity index (χ2n) is 13.9. The molecule has 3 aromatic heterocycles. The lowest BCUT2D eigenvalue weighted by Gasteiger charge is -2.16.